The lowest BCUT2D eigenvalue weighted by atomic mass is 10.5. The zero-order valence-electron chi connectivity index (χ0n) is 6.44. The molecule has 0 radical (unpaired) electrons. The average molecular weight is 155 g/mol. The smallest absolute Gasteiger partial charge is 0.360 e. The Morgan fingerprint density at radius 1 is 1.82 bits per heavy atom. The van der Waals surface area contributed by atoms with E-state index in [0.29, 0.717) is 6.61 Å². The monoisotopic (exact) mass is 155 g/mol. The van der Waals surface area contributed by atoms with Gasteiger partial charge in [0.15, 0.2) is 5.69 Å². The number of aryl methyl sites for hydroxylation is 1. The van der Waals surface area contributed by atoms with Crippen LogP contribution in [-0.4, -0.2) is 27.6 Å². The molecule has 5 heteroatoms. The van der Waals surface area contributed by atoms with E-state index in [0.717, 1.165) is 0 Å². The lowest BCUT2D eigenvalue weighted by Crippen LogP contribution is -2.04. The van der Waals surface area contributed by atoms with Crippen LogP contribution in [0.2, 0.25) is 0 Å². The van der Waals surface area contributed by atoms with Crippen LogP contribution < -0.4 is 0 Å². The third-order valence-corrected chi connectivity index (χ3v) is 1.09. The molecule has 0 spiro atoms. The minimum absolute atomic E-state index is 0.245. The van der Waals surface area contributed by atoms with Crippen molar-refractivity contribution in [2.24, 2.45) is 7.05 Å². The highest BCUT2D eigenvalue weighted by molar-refractivity contribution is 5.86. The summed E-state index contributed by atoms with van der Waals surface area (Å²) >= 11 is 0. The summed E-state index contributed by atoms with van der Waals surface area (Å²) < 4.78 is 6.14. The van der Waals surface area contributed by atoms with Crippen molar-refractivity contribution in [3.8, 4) is 0 Å². The second-order valence-electron chi connectivity index (χ2n) is 2.00. The van der Waals surface area contributed by atoms with Gasteiger partial charge < -0.3 is 4.74 Å². The van der Waals surface area contributed by atoms with Crippen LogP contribution in [0.4, 0.5) is 0 Å². The number of ether oxygens (including phenoxy) is 1. The number of carbonyl (C=O) groups is 1. The van der Waals surface area contributed by atoms with E-state index in [-0.39, 0.29) is 5.69 Å². The first kappa shape index (κ1) is 7.71. The Morgan fingerprint density at radius 3 is 3.00 bits per heavy atom. The Balaban J connectivity index is 2.69. The molecule has 0 atom stereocenters. The fourth-order valence-electron chi connectivity index (χ4n) is 0.646. The number of carbonyl (C=O) groups excluding carboxylic acids is 1. The molecule has 1 aromatic heterocycles. The van der Waals surface area contributed by atoms with Crippen LogP contribution >= 0.6 is 0 Å². The van der Waals surface area contributed by atoms with Crippen LogP contribution in [0.15, 0.2) is 6.20 Å². The molecule has 0 aromatic carbocycles. The summed E-state index contributed by atoms with van der Waals surface area (Å²) in [6.07, 6.45) is 1.51. The average Bonchev–Trinajstić information content (AvgIpc) is 2.36. The number of nitrogens with zero attached hydrogens (tertiary/aromatic N) is 3. The summed E-state index contributed by atoms with van der Waals surface area (Å²) in [5.74, 6) is -0.430. The largest absolute Gasteiger partial charge is 0.461 e. The summed E-state index contributed by atoms with van der Waals surface area (Å²) in [6, 6.07) is 0. The number of hydrogen-bond acceptors (Lipinski definition) is 4. The molecule has 0 amide bonds. The van der Waals surface area contributed by atoms with Gasteiger partial charge in [0.05, 0.1) is 12.8 Å². The van der Waals surface area contributed by atoms with Crippen molar-refractivity contribution in [3.05, 3.63) is 11.9 Å². The van der Waals surface area contributed by atoms with Gasteiger partial charge in [0.1, 0.15) is 0 Å². The van der Waals surface area contributed by atoms with E-state index in [9.17, 15) is 4.79 Å². The van der Waals surface area contributed by atoms with Crippen LogP contribution in [0.5, 0.6) is 0 Å². The van der Waals surface area contributed by atoms with Gasteiger partial charge in [-0.25, -0.2) is 4.79 Å². The molecule has 0 saturated heterocycles. The van der Waals surface area contributed by atoms with Gasteiger partial charge in [0, 0.05) is 7.05 Å². The van der Waals surface area contributed by atoms with Gasteiger partial charge in [0.2, 0.25) is 0 Å². The first-order valence-electron chi connectivity index (χ1n) is 3.27. The van der Waals surface area contributed by atoms with E-state index in [1.54, 1.807) is 14.0 Å². The molecule has 60 valence electrons. The summed E-state index contributed by atoms with van der Waals surface area (Å²) in [4.78, 5) is 10.9. The van der Waals surface area contributed by atoms with E-state index in [4.69, 9.17) is 0 Å². The number of hydrogen-bond donors (Lipinski definition) is 0. The molecular formula is C6H9N3O2. The predicted molar refractivity (Wildman–Crippen MR) is 37.0 cm³/mol. The SMILES string of the molecule is CCOC(=O)c1cn(C)nn1. The van der Waals surface area contributed by atoms with Gasteiger partial charge in [-0.2, -0.15) is 0 Å². The van der Waals surface area contributed by atoms with E-state index in [1.165, 1.54) is 10.9 Å². The first-order valence-corrected chi connectivity index (χ1v) is 3.27. The predicted octanol–water partition coefficient (Wildman–Crippen LogP) is -0.00820. The van der Waals surface area contributed by atoms with Crippen LogP contribution in [0.25, 0.3) is 0 Å². The normalized spacial score (nSPS) is 9.64. The van der Waals surface area contributed by atoms with Crippen molar-refractivity contribution in [3.63, 3.8) is 0 Å². The quantitative estimate of drug-likeness (QED) is 0.564. The third-order valence-electron chi connectivity index (χ3n) is 1.09. The lowest BCUT2D eigenvalue weighted by Gasteiger charge is -1.94. The molecule has 1 aromatic rings. The lowest BCUT2D eigenvalue weighted by molar-refractivity contribution is 0.0519. The maximum atomic E-state index is 10.9. The van der Waals surface area contributed by atoms with Gasteiger partial charge in [-0.05, 0) is 6.92 Å². The van der Waals surface area contributed by atoms with Crippen LogP contribution in [0.1, 0.15) is 17.4 Å². The molecule has 0 aliphatic heterocycles. The second kappa shape index (κ2) is 3.14. The molecule has 1 rings (SSSR count). The van der Waals surface area contributed by atoms with Crippen molar-refractivity contribution in [2.75, 3.05) is 6.61 Å². The Labute approximate surface area is 64.0 Å². The van der Waals surface area contributed by atoms with Crippen molar-refractivity contribution in [1.82, 2.24) is 15.0 Å². The van der Waals surface area contributed by atoms with Gasteiger partial charge in [-0.1, -0.05) is 5.21 Å². The maximum Gasteiger partial charge on any atom is 0.360 e. The van der Waals surface area contributed by atoms with E-state index in [1.807, 2.05) is 0 Å². The van der Waals surface area contributed by atoms with Crippen molar-refractivity contribution >= 4 is 5.97 Å². The third kappa shape index (κ3) is 1.76. The zero-order valence-corrected chi connectivity index (χ0v) is 6.44. The minimum atomic E-state index is -0.430. The van der Waals surface area contributed by atoms with Crippen LogP contribution in [-0.2, 0) is 11.8 Å². The summed E-state index contributed by atoms with van der Waals surface area (Å²) in [5, 5.41) is 7.16. The Kier molecular flexibility index (Phi) is 2.20. The molecule has 5 nitrogen and oxygen atoms in total. The molecule has 1 heterocycles. The maximum absolute atomic E-state index is 10.9. The molecule has 0 aliphatic carbocycles. The number of rotatable bonds is 2. The summed E-state index contributed by atoms with van der Waals surface area (Å²) in [5.41, 5.74) is 0.245. The Morgan fingerprint density at radius 2 is 2.55 bits per heavy atom. The molecule has 0 aliphatic rings. The van der Waals surface area contributed by atoms with E-state index < -0.39 is 5.97 Å². The number of esters is 1. The van der Waals surface area contributed by atoms with Crippen LogP contribution in [0.3, 0.4) is 0 Å². The van der Waals surface area contributed by atoms with Gasteiger partial charge in [0.25, 0.3) is 0 Å². The fourth-order valence-corrected chi connectivity index (χ4v) is 0.646. The van der Waals surface area contributed by atoms with Crippen molar-refractivity contribution in [2.45, 2.75) is 6.92 Å². The van der Waals surface area contributed by atoms with E-state index >= 15 is 0 Å². The Bertz CT molecular complexity index is 256. The Hall–Kier alpha value is -1.39. The molecule has 0 fully saturated rings. The summed E-state index contributed by atoms with van der Waals surface area (Å²) in [6.45, 7) is 2.10. The second-order valence-corrected chi connectivity index (χ2v) is 2.00. The first-order chi connectivity index (χ1) is 5.24. The molecule has 0 N–H and O–H groups in total. The van der Waals surface area contributed by atoms with Gasteiger partial charge >= 0.3 is 5.97 Å². The highest BCUT2D eigenvalue weighted by Gasteiger charge is 2.09. The molecule has 0 saturated carbocycles. The topological polar surface area (TPSA) is 57.0 Å². The standard InChI is InChI=1S/C6H9N3O2/c1-3-11-6(10)5-4-9(2)8-7-5/h4H,3H2,1-2H3. The highest BCUT2D eigenvalue weighted by Crippen LogP contribution is 1.93. The van der Waals surface area contributed by atoms with Gasteiger partial charge in [-0.3, -0.25) is 4.68 Å². The number of aromatic nitrogens is 3. The zero-order chi connectivity index (χ0) is 8.27. The minimum Gasteiger partial charge on any atom is -0.461 e. The molecule has 0 unspecified atom stereocenters. The van der Waals surface area contributed by atoms with Crippen molar-refractivity contribution < 1.29 is 9.53 Å². The highest BCUT2D eigenvalue weighted by atomic mass is 16.5. The van der Waals surface area contributed by atoms with Gasteiger partial charge in [-0.15, -0.1) is 5.10 Å². The summed E-state index contributed by atoms with van der Waals surface area (Å²) in [7, 11) is 1.69. The molecule has 0 bridgehead atoms. The molecule has 11 heavy (non-hydrogen) atoms. The van der Waals surface area contributed by atoms with E-state index in [2.05, 4.69) is 15.0 Å². The van der Waals surface area contributed by atoms with Crippen LogP contribution in [0, 0.1) is 0 Å². The van der Waals surface area contributed by atoms with Crippen molar-refractivity contribution in [1.29, 1.82) is 0 Å². The fraction of sp³-hybridized carbons (Fsp3) is 0.500. The molecular weight excluding hydrogens is 146 g/mol.